The summed E-state index contributed by atoms with van der Waals surface area (Å²) in [6.07, 6.45) is 1.87. The second kappa shape index (κ2) is 6.20. The SMILES string of the molecule is CCNC(c1csc(I)c1)c1cccc2cccnc12. The summed E-state index contributed by atoms with van der Waals surface area (Å²) in [5, 5.41) is 7.01. The number of aromatic nitrogens is 1. The molecule has 1 aromatic carbocycles. The number of nitrogens with one attached hydrogen (secondary N) is 1. The van der Waals surface area contributed by atoms with Crippen molar-refractivity contribution in [3.8, 4) is 0 Å². The van der Waals surface area contributed by atoms with Crippen LogP contribution in [0.15, 0.2) is 48.0 Å². The summed E-state index contributed by atoms with van der Waals surface area (Å²) in [6.45, 7) is 3.07. The fraction of sp³-hybridized carbons (Fsp3) is 0.188. The molecule has 0 saturated heterocycles. The van der Waals surface area contributed by atoms with Gasteiger partial charge in [-0.15, -0.1) is 11.3 Å². The van der Waals surface area contributed by atoms with Crippen molar-refractivity contribution in [2.24, 2.45) is 0 Å². The van der Waals surface area contributed by atoms with E-state index in [4.69, 9.17) is 0 Å². The predicted molar refractivity (Wildman–Crippen MR) is 94.3 cm³/mol. The highest BCUT2D eigenvalue weighted by Crippen LogP contribution is 2.30. The Labute approximate surface area is 136 Å². The molecule has 3 aromatic rings. The number of hydrogen-bond donors (Lipinski definition) is 1. The number of benzene rings is 1. The maximum Gasteiger partial charge on any atom is 0.0753 e. The van der Waals surface area contributed by atoms with Gasteiger partial charge in [-0.05, 0) is 57.8 Å². The Morgan fingerprint density at radius 3 is 2.90 bits per heavy atom. The molecule has 0 aliphatic rings. The molecule has 20 heavy (non-hydrogen) atoms. The molecule has 0 saturated carbocycles. The maximum absolute atomic E-state index is 4.58. The maximum atomic E-state index is 4.58. The zero-order valence-corrected chi connectivity index (χ0v) is 14.1. The topological polar surface area (TPSA) is 24.9 Å². The van der Waals surface area contributed by atoms with Crippen molar-refractivity contribution in [3.05, 3.63) is 62.0 Å². The second-order valence-corrected chi connectivity index (χ2v) is 7.40. The van der Waals surface area contributed by atoms with Crippen molar-refractivity contribution in [1.29, 1.82) is 0 Å². The molecule has 0 amide bonds. The van der Waals surface area contributed by atoms with E-state index in [2.05, 4.69) is 75.5 Å². The molecule has 2 aromatic heterocycles. The van der Waals surface area contributed by atoms with Gasteiger partial charge in [-0.1, -0.05) is 31.2 Å². The number of para-hydroxylation sites is 1. The standard InChI is InChI=1S/C16H15IN2S/c1-2-18-16(12-9-14(17)20-10-12)13-7-3-5-11-6-4-8-19-15(11)13/h3-10,16,18H,2H2,1H3. The van der Waals surface area contributed by atoms with Crippen LogP contribution in [0.4, 0.5) is 0 Å². The number of halogens is 1. The molecular weight excluding hydrogens is 379 g/mol. The molecule has 0 fully saturated rings. The van der Waals surface area contributed by atoms with E-state index in [0.29, 0.717) is 0 Å². The van der Waals surface area contributed by atoms with Gasteiger partial charge in [-0.2, -0.15) is 0 Å². The summed E-state index contributed by atoms with van der Waals surface area (Å²) in [5.41, 5.74) is 3.65. The van der Waals surface area contributed by atoms with E-state index >= 15 is 0 Å². The van der Waals surface area contributed by atoms with Crippen molar-refractivity contribution >= 4 is 44.8 Å². The molecule has 1 unspecified atom stereocenters. The highest BCUT2D eigenvalue weighted by atomic mass is 127. The Hall–Kier alpha value is -0.980. The van der Waals surface area contributed by atoms with E-state index in [1.807, 2.05) is 12.3 Å². The van der Waals surface area contributed by atoms with E-state index in [1.165, 1.54) is 19.4 Å². The molecule has 1 N–H and O–H groups in total. The van der Waals surface area contributed by atoms with Crippen molar-refractivity contribution in [2.75, 3.05) is 6.54 Å². The molecule has 0 bridgehead atoms. The normalized spacial score (nSPS) is 12.7. The van der Waals surface area contributed by atoms with Crippen LogP contribution >= 0.6 is 33.9 Å². The van der Waals surface area contributed by atoms with E-state index < -0.39 is 0 Å². The first kappa shape index (κ1) is 14.0. The molecule has 102 valence electrons. The summed E-state index contributed by atoms with van der Waals surface area (Å²) in [7, 11) is 0. The average molecular weight is 394 g/mol. The largest absolute Gasteiger partial charge is 0.306 e. The van der Waals surface area contributed by atoms with Crippen molar-refractivity contribution in [1.82, 2.24) is 10.3 Å². The molecule has 1 atom stereocenters. The summed E-state index contributed by atoms with van der Waals surface area (Å²) in [4.78, 5) is 4.58. The van der Waals surface area contributed by atoms with Crippen LogP contribution in [-0.2, 0) is 0 Å². The van der Waals surface area contributed by atoms with Crippen LogP contribution in [0, 0.1) is 2.88 Å². The van der Waals surface area contributed by atoms with E-state index in [0.717, 1.165) is 12.1 Å². The van der Waals surface area contributed by atoms with Crippen LogP contribution in [0.25, 0.3) is 10.9 Å². The van der Waals surface area contributed by atoms with Gasteiger partial charge in [0.15, 0.2) is 0 Å². The summed E-state index contributed by atoms with van der Waals surface area (Å²) >= 11 is 4.16. The average Bonchev–Trinajstić information content (AvgIpc) is 2.91. The zero-order valence-electron chi connectivity index (χ0n) is 11.1. The summed E-state index contributed by atoms with van der Waals surface area (Å²) < 4.78 is 1.31. The van der Waals surface area contributed by atoms with Crippen LogP contribution in [0.1, 0.15) is 24.1 Å². The molecule has 0 aliphatic heterocycles. The van der Waals surface area contributed by atoms with E-state index in [-0.39, 0.29) is 6.04 Å². The molecular formula is C16H15IN2S. The Kier molecular flexibility index (Phi) is 4.33. The van der Waals surface area contributed by atoms with Gasteiger partial charge in [0.2, 0.25) is 0 Å². The minimum atomic E-state index is 0.207. The lowest BCUT2D eigenvalue weighted by molar-refractivity contribution is 0.635. The third-order valence-corrected chi connectivity index (χ3v) is 5.11. The van der Waals surface area contributed by atoms with Crippen LogP contribution < -0.4 is 5.32 Å². The van der Waals surface area contributed by atoms with Gasteiger partial charge in [0, 0.05) is 11.6 Å². The molecule has 2 heterocycles. The van der Waals surface area contributed by atoms with Crippen LogP contribution in [0.5, 0.6) is 0 Å². The Morgan fingerprint density at radius 1 is 1.30 bits per heavy atom. The third-order valence-electron chi connectivity index (χ3n) is 3.30. The molecule has 2 nitrogen and oxygen atoms in total. The van der Waals surface area contributed by atoms with Gasteiger partial charge in [-0.3, -0.25) is 4.98 Å². The molecule has 0 radical (unpaired) electrons. The van der Waals surface area contributed by atoms with Crippen molar-refractivity contribution < 1.29 is 0 Å². The predicted octanol–water partition coefficient (Wildman–Crippen LogP) is 4.60. The minimum absolute atomic E-state index is 0.207. The lowest BCUT2D eigenvalue weighted by Gasteiger charge is -2.18. The van der Waals surface area contributed by atoms with Gasteiger partial charge in [0.1, 0.15) is 0 Å². The van der Waals surface area contributed by atoms with Gasteiger partial charge in [-0.25, -0.2) is 0 Å². The quantitative estimate of drug-likeness (QED) is 0.655. The summed E-state index contributed by atoms with van der Waals surface area (Å²) in [5.74, 6) is 0. The smallest absolute Gasteiger partial charge is 0.0753 e. The third kappa shape index (κ3) is 2.73. The van der Waals surface area contributed by atoms with Crippen LogP contribution in [0.2, 0.25) is 0 Å². The van der Waals surface area contributed by atoms with Crippen molar-refractivity contribution in [2.45, 2.75) is 13.0 Å². The van der Waals surface area contributed by atoms with Crippen LogP contribution in [-0.4, -0.2) is 11.5 Å². The lowest BCUT2D eigenvalue weighted by Crippen LogP contribution is -2.21. The highest BCUT2D eigenvalue weighted by Gasteiger charge is 2.17. The monoisotopic (exact) mass is 394 g/mol. The Morgan fingerprint density at radius 2 is 2.15 bits per heavy atom. The molecule has 4 heteroatoms. The number of thiophene rings is 1. The van der Waals surface area contributed by atoms with E-state index in [1.54, 1.807) is 11.3 Å². The number of rotatable bonds is 4. The first-order valence-corrected chi connectivity index (χ1v) is 8.56. The van der Waals surface area contributed by atoms with Crippen molar-refractivity contribution in [3.63, 3.8) is 0 Å². The Balaban J connectivity index is 2.14. The fourth-order valence-electron chi connectivity index (χ4n) is 2.45. The van der Waals surface area contributed by atoms with Gasteiger partial charge in [0.25, 0.3) is 0 Å². The van der Waals surface area contributed by atoms with Gasteiger partial charge in [0.05, 0.1) is 14.4 Å². The number of hydrogen-bond acceptors (Lipinski definition) is 3. The number of pyridine rings is 1. The number of fused-ring (bicyclic) bond motifs is 1. The fourth-order valence-corrected chi connectivity index (χ4v) is 3.84. The zero-order chi connectivity index (χ0) is 13.9. The molecule has 3 rings (SSSR count). The number of nitrogens with zero attached hydrogens (tertiary/aromatic N) is 1. The van der Waals surface area contributed by atoms with E-state index in [9.17, 15) is 0 Å². The molecule has 0 spiro atoms. The molecule has 0 aliphatic carbocycles. The first-order chi connectivity index (χ1) is 9.79. The summed E-state index contributed by atoms with van der Waals surface area (Å²) in [6, 6.07) is 13.0. The lowest BCUT2D eigenvalue weighted by atomic mass is 9.98. The first-order valence-electron chi connectivity index (χ1n) is 6.60. The van der Waals surface area contributed by atoms with Gasteiger partial charge >= 0.3 is 0 Å². The second-order valence-electron chi connectivity index (χ2n) is 4.60. The highest BCUT2D eigenvalue weighted by molar-refractivity contribution is 14.1. The Bertz CT molecular complexity index is 718. The van der Waals surface area contributed by atoms with Gasteiger partial charge < -0.3 is 5.32 Å². The minimum Gasteiger partial charge on any atom is -0.306 e. The van der Waals surface area contributed by atoms with Crippen LogP contribution in [0.3, 0.4) is 0 Å².